The molecule has 2 aromatic carbocycles. The van der Waals surface area contributed by atoms with E-state index in [1.165, 1.54) is 19.1 Å². The maximum Gasteiger partial charge on any atom is 0.251 e. The molecule has 0 fully saturated rings. The van der Waals surface area contributed by atoms with Crippen molar-refractivity contribution in [3.63, 3.8) is 0 Å². The fourth-order valence-electron chi connectivity index (χ4n) is 2.58. The molecule has 0 aliphatic rings. The van der Waals surface area contributed by atoms with E-state index in [9.17, 15) is 14.0 Å². The summed E-state index contributed by atoms with van der Waals surface area (Å²) in [5.74, 6) is 0.400. The third-order valence-electron chi connectivity index (χ3n) is 4.17. The van der Waals surface area contributed by atoms with Gasteiger partial charge in [-0.25, -0.2) is 4.39 Å². The Morgan fingerprint density at radius 1 is 1.10 bits per heavy atom. The molecular weight excluding hydrogens is 375 g/mol. The Kier molecular flexibility index (Phi) is 8.00. The maximum absolute atomic E-state index is 13.7. The average Bonchev–Trinajstić information content (AvgIpc) is 2.67. The van der Waals surface area contributed by atoms with Crippen molar-refractivity contribution in [2.75, 3.05) is 19.0 Å². The Balaban J connectivity index is 2.02. The number of carbonyl (C=O) groups excluding carboxylic acids is 2. The lowest BCUT2D eigenvalue weighted by Crippen LogP contribution is -2.23. The van der Waals surface area contributed by atoms with Crippen LogP contribution in [0.3, 0.4) is 0 Å². The molecule has 0 aromatic heterocycles. The number of carbonyl (C=O) groups is 2. The number of methoxy groups -OCH3 is 1. The van der Waals surface area contributed by atoms with Gasteiger partial charge in [0.25, 0.3) is 5.91 Å². The van der Waals surface area contributed by atoms with Crippen LogP contribution in [0.4, 0.5) is 10.1 Å². The van der Waals surface area contributed by atoms with Crippen molar-refractivity contribution in [2.24, 2.45) is 5.92 Å². The molecule has 2 rings (SSSR count). The highest BCUT2D eigenvalue weighted by molar-refractivity contribution is 5.96. The largest absolute Gasteiger partial charge is 0.493 e. The van der Waals surface area contributed by atoms with E-state index in [0.717, 1.165) is 18.1 Å². The Morgan fingerprint density at radius 2 is 1.86 bits per heavy atom. The van der Waals surface area contributed by atoms with Gasteiger partial charge in [0.05, 0.1) is 19.4 Å². The molecule has 0 heterocycles. The highest BCUT2D eigenvalue weighted by Crippen LogP contribution is 2.28. The fourth-order valence-corrected chi connectivity index (χ4v) is 2.58. The average molecular weight is 402 g/mol. The first kappa shape index (κ1) is 22.2. The highest BCUT2D eigenvalue weighted by Gasteiger charge is 2.12. The van der Waals surface area contributed by atoms with Crippen LogP contribution in [0, 0.1) is 11.7 Å². The van der Waals surface area contributed by atoms with E-state index in [0.29, 0.717) is 24.0 Å². The van der Waals surface area contributed by atoms with Crippen molar-refractivity contribution in [2.45, 2.75) is 33.7 Å². The predicted molar refractivity (Wildman–Crippen MR) is 110 cm³/mol. The van der Waals surface area contributed by atoms with E-state index in [4.69, 9.17) is 9.47 Å². The Bertz CT molecular complexity index is 868. The van der Waals surface area contributed by atoms with Gasteiger partial charge < -0.3 is 20.1 Å². The van der Waals surface area contributed by atoms with Gasteiger partial charge in [-0.15, -0.1) is 0 Å². The lowest BCUT2D eigenvalue weighted by molar-refractivity contribution is -0.114. The van der Waals surface area contributed by atoms with E-state index >= 15 is 0 Å². The second kappa shape index (κ2) is 10.5. The van der Waals surface area contributed by atoms with Gasteiger partial charge in [-0.05, 0) is 48.2 Å². The van der Waals surface area contributed by atoms with Gasteiger partial charge >= 0.3 is 0 Å². The molecule has 2 amide bonds. The fraction of sp³-hybridized carbons (Fsp3) is 0.364. The molecule has 7 heteroatoms. The van der Waals surface area contributed by atoms with Gasteiger partial charge in [0, 0.05) is 19.0 Å². The SMILES string of the molecule is COc1cc(CNC(=O)c2ccc(F)c(NC(C)=O)c2)ccc1OCCC(C)C. The number of halogens is 1. The first-order valence-corrected chi connectivity index (χ1v) is 9.45. The third kappa shape index (κ3) is 6.78. The normalized spacial score (nSPS) is 10.6. The summed E-state index contributed by atoms with van der Waals surface area (Å²) in [5, 5.41) is 5.14. The van der Waals surface area contributed by atoms with Crippen LogP contribution in [-0.2, 0) is 11.3 Å². The second-order valence-corrected chi connectivity index (χ2v) is 7.07. The summed E-state index contributed by atoms with van der Waals surface area (Å²) in [6, 6.07) is 9.28. The molecule has 6 nitrogen and oxygen atoms in total. The topological polar surface area (TPSA) is 76.7 Å². The van der Waals surface area contributed by atoms with Crippen molar-refractivity contribution in [3.8, 4) is 11.5 Å². The molecule has 2 N–H and O–H groups in total. The van der Waals surface area contributed by atoms with Crippen molar-refractivity contribution in [1.29, 1.82) is 0 Å². The number of nitrogens with one attached hydrogen (secondary N) is 2. The Labute approximate surface area is 170 Å². The molecule has 29 heavy (non-hydrogen) atoms. The lowest BCUT2D eigenvalue weighted by atomic mass is 10.1. The number of anilines is 1. The first-order valence-electron chi connectivity index (χ1n) is 9.45. The molecule has 0 bridgehead atoms. The zero-order chi connectivity index (χ0) is 21.4. The second-order valence-electron chi connectivity index (χ2n) is 7.07. The summed E-state index contributed by atoms with van der Waals surface area (Å²) in [4.78, 5) is 23.5. The van der Waals surface area contributed by atoms with Crippen molar-refractivity contribution < 1.29 is 23.5 Å². The van der Waals surface area contributed by atoms with Crippen molar-refractivity contribution in [1.82, 2.24) is 5.32 Å². The van der Waals surface area contributed by atoms with Crippen LogP contribution >= 0.6 is 0 Å². The molecule has 0 aliphatic carbocycles. The van der Waals surface area contributed by atoms with Crippen LogP contribution in [0.1, 0.15) is 43.1 Å². The van der Waals surface area contributed by atoms with E-state index in [1.54, 1.807) is 13.2 Å². The zero-order valence-electron chi connectivity index (χ0n) is 17.2. The van der Waals surface area contributed by atoms with Crippen LogP contribution in [0.15, 0.2) is 36.4 Å². The minimum absolute atomic E-state index is 0.0327. The van der Waals surface area contributed by atoms with Crippen LogP contribution in [0.5, 0.6) is 11.5 Å². The molecular formula is C22H27FN2O4. The van der Waals surface area contributed by atoms with Crippen LogP contribution in [0.2, 0.25) is 0 Å². The van der Waals surface area contributed by atoms with E-state index in [2.05, 4.69) is 24.5 Å². The third-order valence-corrected chi connectivity index (χ3v) is 4.17. The molecule has 0 radical (unpaired) electrons. The first-order chi connectivity index (χ1) is 13.8. The summed E-state index contributed by atoms with van der Waals surface area (Å²) >= 11 is 0. The summed E-state index contributed by atoms with van der Waals surface area (Å²) in [5.41, 5.74) is 1.04. The van der Waals surface area contributed by atoms with Crippen LogP contribution in [0.25, 0.3) is 0 Å². The summed E-state index contributed by atoms with van der Waals surface area (Å²) < 4.78 is 24.9. The molecule has 0 saturated carbocycles. The van der Waals surface area contributed by atoms with Crippen molar-refractivity contribution in [3.05, 3.63) is 53.3 Å². The number of ether oxygens (including phenoxy) is 2. The monoisotopic (exact) mass is 402 g/mol. The van der Waals surface area contributed by atoms with Crippen molar-refractivity contribution >= 4 is 17.5 Å². The molecule has 0 saturated heterocycles. The van der Waals surface area contributed by atoms with E-state index in [1.807, 2.05) is 12.1 Å². The summed E-state index contributed by atoms with van der Waals surface area (Å²) in [6.07, 6.45) is 0.944. The van der Waals surface area contributed by atoms with Crippen LogP contribution in [-0.4, -0.2) is 25.5 Å². The number of rotatable bonds is 9. The number of benzene rings is 2. The molecule has 2 aromatic rings. The van der Waals surface area contributed by atoms with E-state index in [-0.39, 0.29) is 23.7 Å². The van der Waals surface area contributed by atoms with Gasteiger partial charge in [-0.2, -0.15) is 0 Å². The minimum atomic E-state index is -0.602. The van der Waals surface area contributed by atoms with Gasteiger partial charge in [-0.1, -0.05) is 19.9 Å². The minimum Gasteiger partial charge on any atom is -0.493 e. The predicted octanol–water partition coefficient (Wildman–Crippen LogP) is 4.15. The van der Waals surface area contributed by atoms with Crippen LogP contribution < -0.4 is 20.1 Å². The number of hydrogen-bond donors (Lipinski definition) is 2. The molecule has 0 aliphatic heterocycles. The lowest BCUT2D eigenvalue weighted by Gasteiger charge is -2.13. The van der Waals surface area contributed by atoms with Gasteiger partial charge in [0.15, 0.2) is 11.5 Å². The quantitative estimate of drug-likeness (QED) is 0.661. The smallest absolute Gasteiger partial charge is 0.251 e. The van der Waals surface area contributed by atoms with Gasteiger partial charge in [-0.3, -0.25) is 9.59 Å². The van der Waals surface area contributed by atoms with E-state index < -0.39 is 11.7 Å². The molecule has 0 unspecified atom stereocenters. The number of hydrogen-bond acceptors (Lipinski definition) is 4. The highest BCUT2D eigenvalue weighted by atomic mass is 19.1. The van der Waals surface area contributed by atoms with Gasteiger partial charge in [0.2, 0.25) is 5.91 Å². The maximum atomic E-state index is 13.7. The standard InChI is InChI=1S/C22H27FN2O4/c1-14(2)9-10-29-20-8-5-16(11-21(20)28-4)13-24-22(27)17-6-7-18(23)19(12-17)25-15(3)26/h5-8,11-12,14H,9-10,13H2,1-4H3,(H,24,27)(H,25,26). The Hall–Kier alpha value is -3.09. The summed E-state index contributed by atoms with van der Waals surface area (Å²) in [6.45, 7) is 6.40. The summed E-state index contributed by atoms with van der Waals surface area (Å²) in [7, 11) is 1.56. The Morgan fingerprint density at radius 3 is 2.52 bits per heavy atom. The molecule has 0 atom stereocenters. The number of amides is 2. The zero-order valence-corrected chi connectivity index (χ0v) is 17.2. The molecule has 156 valence electrons. The molecule has 0 spiro atoms. The van der Waals surface area contributed by atoms with Gasteiger partial charge in [0.1, 0.15) is 5.82 Å².